The minimum absolute atomic E-state index is 0.0693. The average molecular weight is 403 g/mol. The molecule has 1 aromatic heterocycles. The number of Topliss-reactive ketones (excluding diaryl/α,β-unsaturated/α-hetero) is 3. The van der Waals surface area contributed by atoms with E-state index in [1.165, 1.54) is 24.6 Å². The van der Waals surface area contributed by atoms with Crippen molar-refractivity contribution in [2.75, 3.05) is 5.32 Å². The van der Waals surface area contributed by atoms with Crippen LogP contribution in [0.3, 0.4) is 0 Å². The minimum atomic E-state index is -0.441. The van der Waals surface area contributed by atoms with Crippen LogP contribution in [0.4, 0.5) is 5.69 Å². The van der Waals surface area contributed by atoms with Gasteiger partial charge >= 0.3 is 0 Å². The number of carbonyl (C=O) groups is 4. The van der Waals surface area contributed by atoms with Crippen molar-refractivity contribution in [2.45, 2.75) is 20.3 Å². The van der Waals surface area contributed by atoms with E-state index in [9.17, 15) is 19.2 Å². The summed E-state index contributed by atoms with van der Waals surface area (Å²) in [7, 11) is 1.58. The number of nitrogens with one attached hydrogen (secondary N) is 1. The van der Waals surface area contributed by atoms with Gasteiger partial charge in [0.1, 0.15) is 11.4 Å². The fraction of sp³-hybridized carbons (Fsp3) is 0.174. The molecule has 0 spiro atoms. The van der Waals surface area contributed by atoms with Crippen molar-refractivity contribution in [3.05, 3.63) is 82.7 Å². The molecule has 1 heterocycles. The van der Waals surface area contributed by atoms with Crippen LogP contribution < -0.4 is 5.32 Å². The van der Waals surface area contributed by atoms with Crippen LogP contribution >= 0.6 is 0 Å². The Morgan fingerprint density at radius 2 is 1.53 bits per heavy atom. The van der Waals surface area contributed by atoms with E-state index in [0.717, 1.165) is 0 Å². The Balaban J connectivity index is 1.76. The minimum Gasteiger partial charge on any atom is -0.321 e. The molecule has 7 nitrogen and oxygen atoms in total. The summed E-state index contributed by atoms with van der Waals surface area (Å²) >= 11 is 0. The number of amides is 1. The Morgan fingerprint density at radius 3 is 2.20 bits per heavy atom. The van der Waals surface area contributed by atoms with Gasteiger partial charge in [-0.1, -0.05) is 30.3 Å². The van der Waals surface area contributed by atoms with Crippen molar-refractivity contribution in [1.29, 1.82) is 0 Å². The molecule has 0 saturated heterocycles. The van der Waals surface area contributed by atoms with Gasteiger partial charge < -0.3 is 5.32 Å². The second-order valence-corrected chi connectivity index (χ2v) is 6.99. The largest absolute Gasteiger partial charge is 0.321 e. The number of benzene rings is 2. The van der Waals surface area contributed by atoms with Crippen molar-refractivity contribution in [2.24, 2.45) is 7.05 Å². The molecule has 3 aromatic rings. The molecular weight excluding hydrogens is 382 g/mol. The van der Waals surface area contributed by atoms with Gasteiger partial charge in [-0.2, -0.15) is 5.10 Å². The number of hydrogen-bond acceptors (Lipinski definition) is 5. The number of anilines is 1. The molecule has 0 unspecified atom stereocenters. The highest BCUT2D eigenvalue weighted by atomic mass is 16.2. The normalized spacial score (nSPS) is 10.5. The first-order chi connectivity index (χ1) is 14.2. The maximum absolute atomic E-state index is 12.6. The molecule has 1 amide bonds. The lowest BCUT2D eigenvalue weighted by molar-refractivity contribution is 0.0982. The molecular formula is C23H21N3O4. The fourth-order valence-corrected chi connectivity index (χ4v) is 3.00. The molecule has 3 rings (SSSR count). The standard InChI is InChI=1S/C23H21N3O4/c1-14(27)17-7-4-6-16(10-17)11-22(29)20-13-21(26(3)25-20)23(30)24-19-9-5-8-18(12-19)15(2)28/h4-10,12-13H,11H2,1-3H3,(H,24,30). The van der Waals surface area contributed by atoms with Crippen LogP contribution in [-0.2, 0) is 13.5 Å². The monoisotopic (exact) mass is 403 g/mol. The van der Waals surface area contributed by atoms with Crippen LogP contribution in [0.25, 0.3) is 0 Å². The molecule has 0 radical (unpaired) electrons. The summed E-state index contributed by atoms with van der Waals surface area (Å²) in [6.07, 6.45) is 0.0693. The van der Waals surface area contributed by atoms with Crippen LogP contribution in [-0.4, -0.2) is 33.0 Å². The summed E-state index contributed by atoms with van der Waals surface area (Å²) in [5, 5.41) is 6.87. The number of rotatable bonds is 7. The third-order valence-electron chi connectivity index (χ3n) is 4.62. The highest BCUT2D eigenvalue weighted by Gasteiger charge is 2.18. The highest BCUT2D eigenvalue weighted by molar-refractivity contribution is 6.06. The summed E-state index contributed by atoms with van der Waals surface area (Å²) in [5.41, 5.74) is 2.57. The topological polar surface area (TPSA) is 98.1 Å². The lowest BCUT2D eigenvalue weighted by Crippen LogP contribution is -2.16. The lowest BCUT2D eigenvalue weighted by atomic mass is 10.0. The predicted octanol–water partition coefficient (Wildman–Crippen LogP) is 3.50. The van der Waals surface area contributed by atoms with E-state index in [-0.39, 0.29) is 35.2 Å². The zero-order chi connectivity index (χ0) is 21.8. The van der Waals surface area contributed by atoms with Gasteiger partial charge in [0.15, 0.2) is 17.3 Å². The molecule has 7 heteroatoms. The molecule has 0 bridgehead atoms. The number of nitrogens with zero attached hydrogens (tertiary/aromatic N) is 2. The molecule has 0 atom stereocenters. The molecule has 2 aromatic carbocycles. The number of carbonyl (C=O) groups excluding carboxylic acids is 4. The maximum Gasteiger partial charge on any atom is 0.273 e. The Hall–Kier alpha value is -3.87. The number of ketones is 3. The van der Waals surface area contributed by atoms with E-state index in [4.69, 9.17) is 0 Å². The van der Waals surface area contributed by atoms with Crippen molar-refractivity contribution in [1.82, 2.24) is 9.78 Å². The summed E-state index contributed by atoms with van der Waals surface area (Å²) in [4.78, 5) is 48.3. The second kappa shape index (κ2) is 8.65. The first-order valence-electron chi connectivity index (χ1n) is 9.34. The van der Waals surface area contributed by atoms with Crippen molar-refractivity contribution in [3.63, 3.8) is 0 Å². The van der Waals surface area contributed by atoms with Crippen LogP contribution in [0.2, 0.25) is 0 Å². The number of aromatic nitrogens is 2. The summed E-state index contributed by atoms with van der Waals surface area (Å²) in [5.74, 6) is -0.879. The number of hydrogen-bond donors (Lipinski definition) is 1. The third-order valence-corrected chi connectivity index (χ3v) is 4.62. The zero-order valence-electron chi connectivity index (χ0n) is 16.9. The molecule has 1 N–H and O–H groups in total. The van der Waals surface area contributed by atoms with Crippen molar-refractivity contribution >= 4 is 28.9 Å². The van der Waals surface area contributed by atoms with E-state index in [1.54, 1.807) is 55.6 Å². The zero-order valence-corrected chi connectivity index (χ0v) is 16.9. The van der Waals surface area contributed by atoms with Gasteiger partial charge in [0, 0.05) is 36.3 Å². The Labute approximate surface area is 173 Å². The molecule has 0 aliphatic carbocycles. The van der Waals surface area contributed by atoms with E-state index in [0.29, 0.717) is 22.4 Å². The van der Waals surface area contributed by atoms with E-state index in [1.807, 2.05) is 0 Å². The van der Waals surface area contributed by atoms with Crippen LogP contribution in [0.5, 0.6) is 0 Å². The van der Waals surface area contributed by atoms with Gasteiger partial charge in [-0.05, 0) is 37.6 Å². The van der Waals surface area contributed by atoms with Gasteiger partial charge in [0.25, 0.3) is 5.91 Å². The summed E-state index contributed by atoms with van der Waals surface area (Å²) in [6, 6.07) is 14.9. The maximum atomic E-state index is 12.6. The first-order valence-corrected chi connectivity index (χ1v) is 9.34. The van der Waals surface area contributed by atoms with Crippen LogP contribution in [0.15, 0.2) is 54.6 Å². The second-order valence-electron chi connectivity index (χ2n) is 6.99. The van der Waals surface area contributed by atoms with Crippen molar-refractivity contribution < 1.29 is 19.2 Å². The van der Waals surface area contributed by atoms with E-state index >= 15 is 0 Å². The molecule has 152 valence electrons. The Bertz CT molecular complexity index is 1160. The summed E-state index contributed by atoms with van der Waals surface area (Å²) in [6.45, 7) is 2.92. The molecule has 0 aliphatic heterocycles. The predicted molar refractivity (Wildman–Crippen MR) is 112 cm³/mol. The van der Waals surface area contributed by atoms with Crippen LogP contribution in [0, 0.1) is 0 Å². The van der Waals surface area contributed by atoms with Gasteiger partial charge in [-0.15, -0.1) is 0 Å². The summed E-state index contributed by atoms with van der Waals surface area (Å²) < 4.78 is 1.34. The molecule has 0 aliphatic rings. The molecule has 30 heavy (non-hydrogen) atoms. The van der Waals surface area contributed by atoms with Gasteiger partial charge in [-0.25, -0.2) is 0 Å². The average Bonchev–Trinajstić information content (AvgIpc) is 3.10. The Kier molecular flexibility index (Phi) is 6.01. The fourth-order valence-electron chi connectivity index (χ4n) is 3.00. The van der Waals surface area contributed by atoms with E-state index in [2.05, 4.69) is 10.4 Å². The smallest absolute Gasteiger partial charge is 0.273 e. The van der Waals surface area contributed by atoms with Gasteiger partial charge in [0.05, 0.1) is 0 Å². The van der Waals surface area contributed by atoms with Gasteiger partial charge in [0.2, 0.25) is 0 Å². The number of aryl methyl sites for hydroxylation is 1. The first kappa shape index (κ1) is 20.9. The highest BCUT2D eigenvalue weighted by Crippen LogP contribution is 2.15. The SMILES string of the molecule is CC(=O)c1cccc(CC(=O)c2cc(C(=O)Nc3cccc(C(C)=O)c3)n(C)n2)c1. The quantitative estimate of drug-likeness (QED) is 0.609. The third kappa shape index (κ3) is 4.75. The van der Waals surface area contributed by atoms with Crippen molar-refractivity contribution in [3.8, 4) is 0 Å². The molecule has 0 fully saturated rings. The van der Waals surface area contributed by atoms with Crippen LogP contribution in [0.1, 0.15) is 61.1 Å². The molecule has 0 saturated carbocycles. The van der Waals surface area contributed by atoms with E-state index < -0.39 is 5.91 Å². The van der Waals surface area contributed by atoms with Gasteiger partial charge in [-0.3, -0.25) is 23.9 Å². The Morgan fingerprint density at radius 1 is 0.900 bits per heavy atom. The lowest BCUT2D eigenvalue weighted by Gasteiger charge is -2.06.